The van der Waals surface area contributed by atoms with Gasteiger partial charge in [-0.25, -0.2) is 4.98 Å². The maximum Gasteiger partial charge on any atom is 0.303 e. The van der Waals surface area contributed by atoms with Gasteiger partial charge in [0.15, 0.2) is 11.5 Å². The first-order chi connectivity index (χ1) is 12.6. The molecule has 1 aliphatic heterocycles. The van der Waals surface area contributed by atoms with Gasteiger partial charge in [0.2, 0.25) is 6.79 Å². The van der Waals surface area contributed by atoms with Crippen molar-refractivity contribution >= 4 is 17.3 Å². The number of fused-ring (bicyclic) bond motifs is 1. The fourth-order valence-corrected chi connectivity index (χ4v) is 4.03. The van der Waals surface area contributed by atoms with Crippen LogP contribution >= 0.6 is 11.3 Å². The van der Waals surface area contributed by atoms with Crippen molar-refractivity contribution in [3.63, 3.8) is 0 Å². The number of pyridine rings is 1. The van der Waals surface area contributed by atoms with Crippen LogP contribution < -0.4 is 9.47 Å². The smallest absolute Gasteiger partial charge is 0.303 e. The van der Waals surface area contributed by atoms with E-state index in [2.05, 4.69) is 4.98 Å². The Kier molecular flexibility index (Phi) is 4.30. The summed E-state index contributed by atoms with van der Waals surface area (Å²) in [6, 6.07) is 9.47. The van der Waals surface area contributed by atoms with Crippen LogP contribution in [0.2, 0.25) is 0 Å². The molecule has 2 aromatic heterocycles. The minimum absolute atomic E-state index is 0.0511. The maximum atomic E-state index is 11.2. The third-order valence-corrected chi connectivity index (χ3v) is 5.49. The summed E-state index contributed by atoms with van der Waals surface area (Å²) in [5.41, 5.74) is 2.63. The van der Waals surface area contributed by atoms with Crippen molar-refractivity contribution in [3.8, 4) is 33.3 Å². The second-order valence-electron chi connectivity index (χ2n) is 6.03. The SMILES string of the molecule is CC(CC(=O)O)c1sc(-c2ccncc2)nc1-c1ccc2c(c1)OCO2. The molecule has 1 unspecified atom stereocenters. The van der Waals surface area contributed by atoms with Gasteiger partial charge in [-0.1, -0.05) is 6.92 Å². The van der Waals surface area contributed by atoms with E-state index in [-0.39, 0.29) is 19.1 Å². The lowest BCUT2D eigenvalue weighted by Crippen LogP contribution is -2.02. The van der Waals surface area contributed by atoms with E-state index in [4.69, 9.17) is 14.5 Å². The minimum Gasteiger partial charge on any atom is -0.481 e. The number of aromatic nitrogens is 2. The largest absolute Gasteiger partial charge is 0.481 e. The van der Waals surface area contributed by atoms with Crippen molar-refractivity contribution in [2.75, 3.05) is 6.79 Å². The first-order valence-corrected chi connectivity index (χ1v) is 8.96. The molecule has 7 heteroatoms. The molecular weight excluding hydrogens is 352 g/mol. The number of carbonyl (C=O) groups is 1. The number of hydrogen-bond acceptors (Lipinski definition) is 6. The summed E-state index contributed by atoms with van der Waals surface area (Å²) in [6.07, 6.45) is 3.49. The van der Waals surface area contributed by atoms with E-state index in [9.17, 15) is 9.90 Å². The van der Waals surface area contributed by atoms with Gasteiger partial charge in [-0.3, -0.25) is 9.78 Å². The second kappa shape index (κ2) is 6.76. The summed E-state index contributed by atoms with van der Waals surface area (Å²) in [4.78, 5) is 21.0. The Hall–Kier alpha value is -2.93. The molecule has 1 aromatic carbocycles. The summed E-state index contributed by atoms with van der Waals surface area (Å²) in [7, 11) is 0. The molecule has 3 aromatic rings. The van der Waals surface area contributed by atoms with Crippen LogP contribution in [-0.4, -0.2) is 27.8 Å². The van der Waals surface area contributed by atoms with E-state index in [1.165, 1.54) is 11.3 Å². The van der Waals surface area contributed by atoms with Crippen molar-refractivity contribution in [1.29, 1.82) is 0 Å². The van der Waals surface area contributed by atoms with Crippen molar-refractivity contribution in [1.82, 2.24) is 9.97 Å². The highest BCUT2D eigenvalue weighted by molar-refractivity contribution is 7.15. The zero-order chi connectivity index (χ0) is 18.1. The summed E-state index contributed by atoms with van der Waals surface area (Å²) < 4.78 is 10.8. The lowest BCUT2D eigenvalue weighted by atomic mass is 10.0. The summed E-state index contributed by atoms with van der Waals surface area (Å²) in [6.45, 7) is 2.12. The van der Waals surface area contributed by atoms with E-state index < -0.39 is 5.97 Å². The van der Waals surface area contributed by atoms with Gasteiger partial charge in [0.25, 0.3) is 0 Å². The lowest BCUT2D eigenvalue weighted by Gasteiger charge is -2.09. The van der Waals surface area contributed by atoms with E-state index in [1.54, 1.807) is 12.4 Å². The molecular formula is C19H16N2O4S. The summed E-state index contributed by atoms with van der Waals surface area (Å²) in [5.74, 6) is 0.408. The van der Waals surface area contributed by atoms with E-state index in [0.29, 0.717) is 11.5 Å². The molecule has 0 saturated heterocycles. The summed E-state index contributed by atoms with van der Waals surface area (Å²) >= 11 is 1.52. The zero-order valence-corrected chi connectivity index (χ0v) is 14.8. The molecule has 1 N–H and O–H groups in total. The molecule has 0 saturated carbocycles. The average molecular weight is 368 g/mol. The monoisotopic (exact) mass is 368 g/mol. The first-order valence-electron chi connectivity index (χ1n) is 8.15. The predicted octanol–water partition coefficient (Wildman–Crippen LogP) is 4.18. The van der Waals surface area contributed by atoms with Crippen LogP contribution in [0.5, 0.6) is 11.5 Å². The number of thiazole rings is 1. The van der Waals surface area contributed by atoms with Crippen LogP contribution in [-0.2, 0) is 4.79 Å². The van der Waals surface area contributed by atoms with Crippen molar-refractivity contribution in [2.45, 2.75) is 19.3 Å². The number of nitrogens with zero attached hydrogens (tertiary/aromatic N) is 2. The Morgan fingerprint density at radius 2 is 1.96 bits per heavy atom. The van der Waals surface area contributed by atoms with Gasteiger partial charge in [-0.05, 0) is 30.3 Å². The molecule has 3 heterocycles. The maximum absolute atomic E-state index is 11.2. The number of rotatable bonds is 5. The predicted molar refractivity (Wildman–Crippen MR) is 97.6 cm³/mol. The Morgan fingerprint density at radius 3 is 2.73 bits per heavy atom. The van der Waals surface area contributed by atoms with Crippen molar-refractivity contribution < 1.29 is 19.4 Å². The molecule has 0 fully saturated rings. The summed E-state index contributed by atoms with van der Waals surface area (Å²) in [5, 5.41) is 10.0. The average Bonchev–Trinajstić information content (AvgIpc) is 3.28. The molecule has 0 spiro atoms. The van der Waals surface area contributed by atoms with Gasteiger partial charge in [-0.15, -0.1) is 11.3 Å². The van der Waals surface area contributed by atoms with Crippen molar-refractivity contribution in [3.05, 3.63) is 47.6 Å². The molecule has 26 heavy (non-hydrogen) atoms. The minimum atomic E-state index is -0.826. The van der Waals surface area contributed by atoms with Gasteiger partial charge in [0.1, 0.15) is 5.01 Å². The van der Waals surface area contributed by atoms with Crippen LogP contribution in [0.25, 0.3) is 21.8 Å². The molecule has 1 aliphatic rings. The molecule has 0 bridgehead atoms. The van der Waals surface area contributed by atoms with Crippen LogP contribution in [0.3, 0.4) is 0 Å². The highest BCUT2D eigenvalue weighted by atomic mass is 32.1. The highest BCUT2D eigenvalue weighted by Crippen LogP contribution is 2.42. The third-order valence-electron chi connectivity index (χ3n) is 4.16. The Labute approximate surface area is 154 Å². The van der Waals surface area contributed by atoms with Gasteiger partial charge < -0.3 is 14.6 Å². The van der Waals surface area contributed by atoms with Gasteiger partial charge in [-0.2, -0.15) is 0 Å². The molecule has 0 amide bonds. The molecule has 132 valence electrons. The lowest BCUT2D eigenvalue weighted by molar-refractivity contribution is -0.137. The fraction of sp³-hybridized carbons (Fsp3) is 0.211. The number of ether oxygens (including phenoxy) is 2. The standard InChI is InChI=1S/C19H16N2O4S/c1-11(8-16(22)23)18-17(13-2-3-14-15(9-13)25-10-24-14)21-19(26-18)12-4-6-20-7-5-12/h2-7,9,11H,8,10H2,1H3,(H,22,23). The van der Waals surface area contributed by atoms with Crippen LogP contribution in [0.4, 0.5) is 0 Å². The van der Waals surface area contributed by atoms with Gasteiger partial charge >= 0.3 is 5.97 Å². The van der Waals surface area contributed by atoms with Crippen LogP contribution in [0, 0.1) is 0 Å². The first kappa shape index (κ1) is 16.5. The van der Waals surface area contributed by atoms with Crippen molar-refractivity contribution in [2.24, 2.45) is 0 Å². The quantitative estimate of drug-likeness (QED) is 0.728. The zero-order valence-electron chi connectivity index (χ0n) is 14.0. The third kappa shape index (κ3) is 3.13. The highest BCUT2D eigenvalue weighted by Gasteiger charge is 2.23. The number of aliphatic carboxylic acids is 1. The fourth-order valence-electron chi connectivity index (χ4n) is 2.89. The van der Waals surface area contributed by atoms with E-state index in [1.807, 2.05) is 37.3 Å². The number of benzene rings is 1. The van der Waals surface area contributed by atoms with E-state index >= 15 is 0 Å². The molecule has 0 aliphatic carbocycles. The Balaban J connectivity index is 1.81. The number of carboxylic acid groups (broad SMARTS) is 1. The second-order valence-corrected chi connectivity index (χ2v) is 7.07. The number of hydrogen-bond donors (Lipinski definition) is 1. The molecule has 0 radical (unpaired) electrons. The van der Waals surface area contributed by atoms with Gasteiger partial charge in [0.05, 0.1) is 12.1 Å². The Bertz CT molecular complexity index is 955. The van der Waals surface area contributed by atoms with Gasteiger partial charge in [0, 0.05) is 34.3 Å². The van der Waals surface area contributed by atoms with E-state index in [0.717, 1.165) is 26.7 Å². The Morgan fingerprint density at radius 1 is 1.19 bits per heavy atom. The number of carboxylic acids is 1. The molecule has 4 rings (SSSR count). The van der Waals surface area contributed by atoms with Crippen LogP contribution in [0.15, 0.2) is 42.7 Å². The topological polar surface area (TPSA) is 81.5 Å². The normalized spacial score (nSPS) is 13.6. The molecule has 6 nitrogen and oxygen atoms in total. The van der Waals surface area contributed by atoms with Crippen LogP contribution in [0.1, 0.15) is 24.1 Å². The molecule has 1 atom stereocenters.